The van der Waals surface area contributed by atoms with Crippen LogP contribution in [0.25, 0.3) is 0 Å². The van der Waals surface area contributed by atoms with Crippen LogP contribution in [0.15, 0.2) is 46.7 Å². The Balaban J connectivity index is 1.84. The summed E-state index contributed by atoms with van der Waals surface area (Å²) in [5, 5.41) is 10.2. The number of nitrogens with zero attached hydrogens (tertiary/aromatic N) is 1. The zero-order chi connectivity index (χ0) is 16.9. The Hall–Kier alpha value is -1.90. The number of carboxylic acid groups (broad SMARTS) is 1. The lowest BCUT2D eigenvalue weighted by Crippen LogP contribution is -2.28. The lowest BCUT2D eigenvalue weighted by molar-refractivity contribution is 0.0702. The molecule has 0 amide bonds. The molecule has 0 fully saturated rings. The molecule has 0 saturated carbocycles. The standard InChI is InChI=1S/C15H18N2O4S2/c1-17(12-6-3-2-4-7-12)9-5-8-16-23(20,21)13-10-14(15(18)19)22-11-13/h2-4,6-7,10-11,16H,5,8-9H2,1H3,(H,18,19). The average molecular weight is 354 g/mol. The molecule has 0 spiro atoms. The third-order valence-electron chi connectivity index (χ3n) is 3.26. The molecule has 8 heteroatoms. The fraction of sp³-hybridized carbons (Fsp3) is 0.267. The summed E-state index contributed by atoms with van der Waals surface area (Å²) in [6.45, 7) is 0.994. The van der Waals surface area contributed by atoms with E-state index in [-0.39, 0.29) is 16.3 Å². The quantitative estimate of drug-likeness (QED) is 0.710. The number of carbonyl (C=O) groups is 1. The highest BCUT2D eigenvalue weighted by molar-refractivity contribution is 7.89. The van der Waals surface area contributed by atoms with Crippen molar-refractivity contribution in [1.82, 2.24) is 4.72 Å². The van der Waals surface area contributed by atoms with E-state index in [1.54, 1.807) is 0 Å². The van der Waals surface area contributed by atoms with Crippen molar-refractivity contribution in [2.45, 2.75) is 11.3 Å². The van der Waals surface area contributed by atoms with Gasteiger partial charge in [-0.1, -0.05) is 18.2 Å². The molecule has 0 radical (unpaired) electrons. The number of sulfonamides is 1. The Bertz CT molecular complexity index is 757. The van der Waals surface area contributed by atoms with Gasteiger partial charge in [0, 0.05) is 31.2 Å². The van der Waals surface area contributed by atoms with E-state index >= 15 is 0 Å². The van der Waals surface area contributed by atoms with Crippen molar-refractivity contribution in [3.63, 3.8) is 0 Å². The van der Waals surface area contributed by atoms with Crippen molar-refractivity contribution in [3.8, 4) is 0 Å². The molecule has 1 aromatic heterocycles. The first kappa shape index (κ1) is 17.5. The highest BCUT2D eigenvalue weighted by atomic mass is 32.2. The molecule has 0 aliphatic rings. The Morgan fingerprint density at radius 2 is 2.00 bits per heavy atom. The minimum atomic E-state index is -3.66. The minimum Gasteiger partial charge on any atom is -0.477 e. The second-order valence-corrected chi connectivity index (χ2v) is 7.64. The van der Waals surface area contributed by atoms with E-state index in [0.29, 0.717) is 13.0 Å². The predicted octanol–water partition coefficient (Wildman–Crippen LogP) is 2.25. The van der Waals surface area contributed by atoms with E-state index in [4.69, 9.17) is 5.11 Å². The molecule has 2 rings (SSSR count). The number of para-hydroxylation sites is 1. The molecule has 0 bridgehead atoms. The van der Waals surface area contributed by atoms with E-state index in [1.165, 1.54) is 11.4 Å². The van der Waals surface area contributed by atoms with Crippen LogP contribution in [-0.4, -0.2) is 39.6 Å². The number of hydrogen-bond acceptors (Lipinski definition) is 5. The van der Waals surface area contributed by atoms with Gasteiger partial charge >= 0.3 is 5.97 Å². The molecule has 6 nitrogen and oxygen atoms in total. The van der Waals surface area contributed by atoms with Crippen LogP contribution in [0, 0.1) is 0 Å². The number of nitrogens with one attached hydrogen (secondary N) is 1. The fourth-order valence-electron chi connectivity index (χ4n) is 1.99. The van der Waals surface area contributed by atoms with Crippen molar-refractivity contribution in [3.05, 3.63) is 46.7 Å². The molecule has 2 N–H and O–H groups in total. The highest BCUT2D eigenvalue weighted by Crippen LogP contribution is 2.19. The van der Waals surface area contributed by atoms with Crippen molar-refractivity contribution >= 4 is 33.0 Å². The third-order valence-corrected chi connectivity index (χ3v) is 5.76. The molecule has 1 aromatic carbocycles. The Morgan fingerprint density at radius 3 is 2.61 bits per heavy atom. The summed E-state index contributed by atoms with van der Waals surface area (Å²) in [6.07, 6.45) is 0.639. The summed E-state index contributed by atoms with van der Waals surface area (Å²) in [6, 6.07) is 11.0. The molecular formula is C15H18N2O4S2. The van der Waals surface area contributed by atoms with E-state index < -0.39 is 16.0 Å². The van der Waals surface area contributed by atoms with Crippen LogP contribution in [0.2, 0.25) is 0 Å². The SMILES string of the molecule is CN(CCCNS(=O)(=O)c1csc(C(=O)O)c1)c1ccccc1. The number of thiophene rings is 1. The van der Waals surface area contributed by atoms with Gasteiger partial charge in [-0.05, 0) is 24.6 Å². The van der Waals surface area contributed by atoms with Crippen molar-refractivity contribution in [1.29, 1.82) is 0 Å². The molecule has 1 heterocycles. The largest absolute Gasteiger partial charge is 0.477 e. The molecule has 0 saturated heterocycles. The topological polar surface area (TPSA) is 86.7 Å². The van der Waals surface area contributed by atoms with Crippen LogP contribution >= 0.6 is 11.3 Å². The number of anilines is 1. The summed E-state index contributed by atoms with van der Waals surface area (Å²) >= 11 is 0.899. The van der Waals surface area contributed by atoms with Crippen LogP contribution in [0.4, 0.5) is 5.69 Å². The smallest absolute Gasteiger partial charge is 0.345 e. The van der Waals surface area contributed by atoms with Gasteiger partial charge in [0.1, 0.15) is 4.88 Å². The zero-order valence-electron chi connectivity index (χ0n) is 12.6. The maximum Gasteiger partial charge on any atom is 0.345 e. The molecule has 23 heavy (non-hydrogen) atoms. The summed E-state index contributed by atoms with van der Waals surface area (Å²) in [5.74, 6) is -1.12. The van der Waals surface area contributed by atoms with Crippen LogP contribution in [0.5, 0.6) is 0 Å². The monoisotopic (exact) mass is 354 g/mol. The molecule has 0 unspecified atom stereocenters. The minimum absolute atomic E-state index is 0.00341. The number of aromatic carboxylic acids is 1. The van der Waals surface area contributed by atoms with Crippen LogP contribution in [0.3, 0.4) is 0 Å². The Morgan fingerprint density at radius 1 is 1.30 bits per heavy atom. The maximum absolute atomic E-state index is 12.1. The number of benzene rings is 1. The summed E-state index contributed by atoms with van der Waals surface area (Å²) in [5.41, 5.74) is 1.07. The summed E-state index contributed by atoms with van der Waals surface area (Å²) in [7, 11) is -1.71. The number of carboxylic acids is 1. The molecular weight excluding hydrogens is 336 g/mol. The van der Waals surface area contributed by atoms with Gasteiger partial charge in [0.15, 0.2) is 0 Å². The summed E-state index contributed by atoms with van der Waals surface area (Å²) < 4.78 is 26.6. The Labute approximate surface area is 139 Å². The fourth-order valence-corrected chi connectivity index (χ4v) is 4.17. The van der Waals surface area contributed by atoms with Crippen LogP contribution in [-0.2, 0) is 10.0 Å². The average Bonchev–Trinajstić information content (AvgIpc) is 3.03. The van der Waals surface area contributed by atoms with Gasteiger partial charge in [-0.25, -0.2) is 17.9 Å². The van der Waals surface area contributed by atoms with Gasteiger partial charge in [0.2, 0.25) is 10.0 Å². The Kier molecular flexibility index (Phi) is 5.75. The van der Waals surface area contributed by atoms with Crippen molar-refractivity contribution in [2.75, 3.05) is 25.0 Å². The lowest BCUT2D eigenvalue weighted by Gasteiger charge is -2.19. The first-order valence-corrected chi connectivity index (χ1v) is 9.34. The summed E-state index contributed by atoms with van der Waals surface area (Å²) in [4.78, 5) is 12.8. The van der Waals surface area contributed by atoms with Gasteiger partial charge < -0.3 is 10.0 Å². The van der Waals surface area contributed by atoms with Gasteiger partial charge in [0.05, 0.1) is 4.90 Å². The van der Waals surface area contributed by atoms with Crippen LogP contribution in [0.1, 0.15) is 16.1 Å². The second kappa shape index (κ2) is 7.58. The first-order valence-electron chi connectivity index (χ1n) is 6.98. The van der Waals surface area contributed by atoms with E-state index in [1.807, 2.05) is 42.3 Å². The number of hydrogen-bond donors (Lipinski definition) is 2. The maximum atomic E-state index is 12.1. The molecule has 2 aromatic rings. The molecule has 0 atom stereocenters. The first-order chi connectivity index (χ1) is 10.9. The van der Waals surface area contributed by atoms with Crippen LogP contribution < -0.4 is 9.62 Å². The van der Waals surface area contributed by atoms with Crippen molar-refractivity contribution in [2.24, 2.45) is 0 Å². The third kappa shape index (κ3) is 4.78. The normalized spacial score (nSPS) is 11.3. The van der Waals surface area contributed by atoms with Crippen molar-refractivity contribution < 1.29 is 18.3 Å². The predicted molar refractivity (Wildman–Crippen MR) is 90.8 cm³/mol. The zero-order valence-corrected chi connectivity index (χ0v) is 14.2. The second-order valence-electron chi connectivity index (χ2n) is 4.96. The lowest BCUT2D eigenvalue weighted by atomic mass is 10.3. The van der Waals surface area contributed by atoms with Gasteiger partial charge in [-0.15, -0.1) is 11.3 Å². The van der Waals surface area contributed by atoms with Gasteiger partial charge in [-0.2, -0.15) is 0 Å². The molecule has 124 valence electrons. The van der Waals surface area contributed by atoms with Gasteiger partial charge in [-0.3, -0.25) is 0 Å². The van der Waals surface area contributed by atoms with E-state index in [2.05, 4.69) is 4.72 Å². The molecule has 0 aliphatic heterocycles. The van der Waals surface area contributed by atoms with E-state index in [0.717, 1.165) is 17.0 Å². The molecule has 0 aliphatic carbocycles. The number of rotatable bonds is 8. The highest BCUT2D eigenvalue weighted by Gasteiger charge is 2.17. The van der Waals surface area contributed by atoms with Gasteiger partial charge in [0.25, 0.3) is 0 Å². The van der Waals surface area contributed by atoms with E-state index in [9.17, 15) is 13.2 Å².